The van der Waals surface area contributed by atoms with Gasteiger partial charge in [0.2, 0.25) is 5.91 Å². The Morgan fingerprint density at radius 1 is 1.47 bits per heavy atom. The van der Waals surface area contributed by atoms with Crippen LogP contribution in [-0.4, -0.2) is 36.5 Å². The van der Waals surface area contributed by atoms with Gasteiger partial charge < -0.3 is 10.2 Å². The van der Waals surface area contributed by atoms with Crippen molar-refractivity contribution in [2.45, 2.75) is 33.2 Å². The van der Waals surface area contributed by atoms with Gasteiger partial charge in [0.25, 0.3) is 0 Å². The van der Waals surface area contributed by atoms with Crippen LogP contribution in [0.1, 0.15) is 27.2 Å². The van der Waals surface area contributed by atoms with Crippen LogP contribution in [0.5, 0.6) is 0 Å². The maximum atomic E-state index is 11.7. The molecule has 0 aliphatic carbocycles. The van der Waals surface area contributed by atoms with Crippen molar-refractivity contribution in [3.63, 3.8) is 0 Å². The topological polar surface area (TPSA) is 32.3 Å². The molecule has 0 aliphatic rings. The van der Waals surface area contributed by atoms with Gasteiger partial charge in [0.05, 0.1) is 0 Å². The average Bonchev–Trinajstić information content (AvgIpc) is 2.16. The molecule has 0 rings (SSSR count). The summed E-state index contributed by atoms with van der Waals surface area (Å²) in [7, 11) is 0. The highest BCUT2D eigenvalue weighted by Gasteiger charge is 2.13. The number of hydrogen-bond acceptors (Lipinski definition) is 2. The number of hydrogen-bond donors (Lipinski definition) is 1. The SMILES string of the molecule is C=C(Br)CNC(C)CC(=O)N(CC)CC. The van der Waals surface area contributed by atoms with Gasteiger partial charge in [-0.2, -0.15) is 0 Å². The summed E-state index contributed by atoms with van der Waals surface area (Å²) in [6.45, 7) is 12.0. The fraction of sp³-hybridized carbons (Fsp3) is 0.727. The zero-order chi connectivity index (χ0) is 11.8. The van der Waals surface area contributed by atoms with E-state index in [0.29, 0.717) is 13.0 Å². The van der Waals surface area contributed by atoms with Crippen LogP contribution < -0.4 is 5.32 Å². The van der Waals surface area contributed by atoms with Crippen LogP contribution >= 0.6 is 15.9 Å². The first-order valence-corrected chi connectivity index (χ1v) is 6.14. The smallest absolute Gasteiger partial charge is 0.224 e. The van der Waals surface area contributed by atoms with E-state index in [1.165, 1.54) is 0 Å². The fourth-order valence-corrected chi connectivity index (χ4v) is 1.49. The molecule has 1 amide bonds. The van der Waals surface area contributed by atoms with Crippen LogP contribution in [-0.2, 0) is 4.79 Å². The average molecular weight is 277 g/mol. The van der Waals surface area contributed by atoms with E-state index in [1.54, 1.807) is 0 Å². The Balaban J connectivity index is 3.89. The van der Waals surface area contributed by atoms with Crippen molar-refractivity contribution in [3.8, 4) is 0 Å². The second-order valence-electron chi connectivity index (χ2n) is 3.57. The molecule has 0 aliphatic heterocycles. The summed E-state index contributed by atoms with van der Waals surface area (Å²) in [6, 6.07) is 0.187. The monoisotopic (exact) mass is 276 g/mol. The largest absolute Gasteiger partial charge is 0.343 e. The number of nitrogens with zero attached hydrogens (tertiary/aromatic N) is 1. The highest BCUT2D eigenvalue weighted by molar-refractivity contribution is 9.11. The third kappa shape index (κ3) is 6.68. The molecule has 0 fully saturated rings. The summed E-state index contributed by atoms with van der Waals surface area (Å²) in [5.74, 6) is 0.209. The Hall–Kier alpha value is -0.350. The quantitative estimate of drug-likeness (QED) is 0.773. The molecule has 0 bridgehead atoms. The Morgan fingerprint density at radius 3 is 2.40 bits per heavy atom. The normalized spacial score (nSPS) is 12.3. The van der Waals surface area contributed by atoms with Crippen LogP contribution in [0, 0.1) is 0 Å². The Labute approximate surface area is 101 Å². The molecular weight excluding hydrogens is 256 g/mol. The second kappa shape index (κ2) is 7.88. The van der Waals surface area contributed by atoms with Crippen molar-refractivity contribution < 1.29 is 4.79 Å². The number of carbonyl (C=O) groups is 1. The van der Waals surface area contributed by atoms with Gasteiger partial charge in [-0.1, -0.05) is 22.5 Å². The van der Waals surface area contributed by atoms with E-state index in [4.69, 9.17) is 0 Å². The van der Waals surface area contributed by atoms with Crippen molar-refractivity contribution in [1.29, 1.82) is 0 Å². The summed E-state index contributed by atoms with van der Waals surface area (Å²) >= 11 is 3.27. The van der Waals surface area contributed by atoms with Gasteiger partial charge in [-0.05, 0) is 20.8 Å². The summed E-state index contributed by atoms with van der Waals surface area (Å²) < 4.78 is 0.907. The van der Waals surface area contributed by atoms with E-state index in [-0.39, 0.29) is 11.9 Å². The predicted molar refractivity (Wildman–Crippen MR) is 68.1 cm³/mol. The van der Waals surface area contributed by atoms with Gasteiger partial charge in [-0.25, -0.2) is 0 Å². The minimum Gasteiger partial charge on any atom is -0.343 e. The van der Waals surface area contributed by atoms with E-state index >= 15 is 0 Å². The lowest BCUT2D eigenvalue weighted by Crippen LogP contribution is -2.37. The van der Waals surface area contributed by atoms with Crippen molar-refractivity contribution in [1.82, 2.24) is 10.2 Å². The zero-order valence-corrected chi connectivity index (χ0v) is 11.4. The summed E-state index contributed by atoms with van der Waals surface area (Å²) in [6.07, 6.45) is 0.544. The van der Waals surface area contributed by atoms with Crippen LogP contribution in [0.2, 0.25) is 0 Å². The fourth-order valence-electron chi connectivity index (χ4n) is 1.32. The number of rotatable bonds is 7. The lowest BCUT2D eigenvalue weighted by atomic mass is 10.2. The standard InChI is InChI=1S/C11H21BrN2O/c1-5-14(6-2)11(15)7-10(4)13-8-9(3)12/h10,13H,3,5-8H2,1-2,4H3. The highest BCUT2D eigenvalue weighted by atomic mass is 79.9. The number of halogens is 1. The molecule has 0 spiro atoms. The lowest BCUT2D eigenvalue weighted by molar-refractivity contribution is -0.131. The first-order valence-electron chi connectivity index (χ1n) is 5.35. The molecule has 0 saturated heterocycles. The maximum absolute atomic E-state index is 11.7. The molecule has 0 aromatic heterocycles. The van der Waals surface area contributed by atoms with Crippen LogP contribution in [0.4, 0.5) is 0 Å². The predicted octanol–water partition coefficient (Wildman–Crippen LogP) is 2.13. The first kappa shape index (κ1) is 14.6. The number of amides is 1. The summed E-state index contributed by atoms with van der Waals surface area (Å²) in [5, 5.41) is 3.22. The first-order chi connectivity index (χ1) is 7.01. The maximum Gasteiger partial charge on any atom is 0.224 e. The summed E-state index contributed by atoms with van der Waals surface area (Å²) in [4.78, 5) is 13.6. The molecule has 0 saturated carbocycles. The molecule has 0 aromatic carbocycles. The van der Waals surface area contributed by atoms with Gasteiger partial charge in [0.15, 0.2) is 0 Å². The molecule has 3 nitrogen and oxygen atoms in total. The molecular formula is C11H21BrN2O. The van der Waals surface area contributed by atoms with E-state index in [2.05, 4.69) is 27.8 Å². The number of nitrogens with one attached hydrogen (secondary N) is 1. The number of carbonyl (C=O) groups excluding carboxylic acids is 1. The zero-order valence-electron chi connectivity index (χ0n) is 9.85. The van der Waals surface area contributed by atoms with E-state index < -0.39 is 0 Å². The third-order valence-corrected chi connectivity index (χ3v) is 2.52. The molecule has 1 N–H and O–H groups in total. The van der Waals surface area contributed by atoms with Gasteiger partial charge in [0, 0.05) is 36.6 Å². The highest BCUT2D eigenvalue weighted by Crippen LogP contribution is 2.01. The van der Waals surface area contributed by atoms with Crippen molar-refractivity contribution in [2.24, 2.45) is 0 Å². The molecule has 1 atom stereocenters. The molecule has 0 aromatic rings. The second-order valence-corrected chi connectivity index (χ2v) is 4.69. The minimum atomic E-state index is 0.187. The lowest BCUT2D eigenvalue weighted by Gasteiger charge is -2.21. The van der Waals surface area contributed by atoms with Crippen LogP contribution in [0.15, 0.2) is 11.1 Å². The van der Waals surface area contributed by atoms with Gasteiger partial charge in [-0.15, -0.1) is 0 Å². The van der Waals surface area contributed by atoms with Crippen LogP contribution in [0.3, 0.4) is 0 Å². The Morgan fingerprint density at radius 2 is 2.00 bits per heavy atom. The van der Waals surface area contributed by atoms with E-state index in [1.807, 2.05) is 25.7 Å². The van der Waals surface area contributed by atoms with Crippen molar-refractivity contribution in [3.05, 3.63) is 11.1 Å². The van der Waals surface area contributed by atoms with Crippen LogP contribution in [0.25, 0.3) is 0 Å². The molecule has 0 radical (unpaired) electrons. The Bertz CT molecular complexity index is 215. The minimum absolute atomic E-state index is 0.187. The molecule has 15 heavy (non-hydrogen) atoms. The third-order valence-electron chi connectivity index (χ3n) is 2.24. The van der Waals surface area contributed by atoms with E-state index in [0.717, 1.165) is 17.6 Å². The molecule has 0 heterocycles. The van der Waals surface area contributed by atoms with Gasteiger partial charge in [0.1, 0.15) is 0 Å². The van der Waals surface area contributed by atoms with Gasteiger partial charge >= 0.3 is 0 Å². The molecule has 1 unspecified atom stereocenters. The van der Waals surface area contributed by atoms with E-state index in [9.17, 15) is 4.79 Å². The molecule has 4 heteroatoms. The van der Waals surface area contributed by atoms with Crippen molar-refractivity contribution >= 4 is 21.8 Å². The summed E-state index contributed by atoms with van der Waals surface area (Å²) in [5.41, 5.74) is 0. The van der Waals surface area contributed by atoms with Gasteiger partial charge in [-0.3, -0.25) is 4.79 Å². The Kier molecular flexibility index (Phi) is 7.70. The molecule has 88 valence electrons. The van der Waals surface area contributed by atoms with Crippen molar-refractivity contribution in [2.75, 3.05) is 19.6 Å².